The average Bonchev–Trinajstić information content (AvgIpc) is 2.93. The summed E-state index contributed by atoms with van der Waals surface area (Å²) >= 11 is 0. The lowest BCUT2D eigenvalue weighted by Gasteiger charge is -2.13. The topological polar surface area (TPSA) is 85.5 Å². The van der Waals surface area contributed by atoms with E-state index >= 15 is 0 Å². The number of ether oxygens (including phenoxy) is 1. The molecule has 0 aliphatic rings. The SMILES string of the molecule is CCCn1c(=O)n(C[C@@H](O)COc2ccc(NC(C)=O)cc2)c2ccccc21. The molecule has 2 aromatic carbocycles. The van der Waals surface area contributed by atoms with E-state index in [1.165, 1.54) is 6.92 Å². The predicted octanol–water partition coefficient (Wildman–Crippen LogP) is 2.61. The summed E-state index contributed by atoms with van der Waals surface area (Å²) in [5.74, 6) is 0.436. The number of hydrogen-bond acceptors (Lipinski definition) is 4. The van der Waals surface area contributed by atoms with Gasteiger partial charge in [-0.2, -0.15) is 0 Å². The molecule has 28 heavy (non-hydrogen) atoms. The molecule has 1 aromatic heterocycles. The summed E-state index contributed by atoms with van der Waals surface area (Å²) in [5.41, 5.74) is 2.23. The first kappa shape index (κ1) is 19.7. The maximum Gasteiger partial charge on any atom is 0.329 e. The molecule has 1 atom stereocenters. The van der Waals surface area contributed by atoms with Gasteiger partial charge in [0.05, 0.1) is 17.6 Å². The number of nitrogens with zero attached hydrogens (tertiary/aromatic N) is 2. The Balaban J connectivity index is 1.68. The number of aliphatic hydroxyl groups excluding tert-OH is 1. The second-order valence-corrected chi connectivity index (χ2v) is 6.70. The highest BCUT2D eigenvalue weighted by atomic mass is 16.5. The largest absolute Gasteiger partial charge is 0.491 e. The third-order valence-electron chi connectivity index (χ3n) is 4.38. The molecule has 0 radical (unpaired) electrons. The smallest absolute Gasteiger partial charge is 0.329 e. The highest BCUT2D eigenvalue weighted by Crippen LogP contribution is 2.17. The molecule has 148 valence electrons. The lowest BCUT2D eigenvalue weighted by atomic mass is 10.3. The summed E-state index contributed by atoms with van der Waals surface area (Å²) in [5, 5.41) is 13.1. The van der Waals surface area contributed by atoms with E-state index in [4.69, 9.17) is 4.74 Å². The first-order valence-corrected chi connectivity index (χ1v) is 9.36. The van der Waals surface area contributed by atoms with Crippen LogP contribution in [-0.2, 0) is 17.9 Å². The molecule has 0 aliphatic heterocycles. The molecule has 1 amide bonds. The molecule has 0 unspecified atom stereocenters. The lowest BCUT2D eigenvalue weighted by molar-refractivity contribution is -0.114. The molecule has 3 aromatic rings. The van der Waals surface area contributed by atoms with Crippen LogP contribution in [0.5, 0.6) is 5.75 Å². The Morgan fingerprint density at radius 3 is 2.36 bits per heavy atom. The fourth-order valence-corrected chi connectivity index (χ4v) is 3.18. The molecule has 0 saturated carbocycles. The van der Waals surface area contributed by atoms with E-state index in [0.717, 1.165) is 17.5 Å². The minimum absolute atomic E-state index is 0.0548. The summed E-state index contributed by atoms with van der Waals surface area (Å²) in [6, 6.07) is 14.5. The number of fused-ring (bicyclic) bond motifs is 1. The third-order valence-corrected chi connectivity index (χ3v) is 4.38. The van der Waals surface area contributed by atoms with E-state index in [9.17, 15) is 14.7 Å². The number of aryl methyl sites for hydroxylation is 1. The average molecular weight is 383 g/mol. The van der Waals surface area contributed by atoms with Gasteiger partial charge in [0.1, 0.15) is 18.5 Å². The van der Waals surface area contributed by atoms with Crippen molar-refractivity contribution in [2.75, 3.05) is 11.9 Å². The van der Waals surface area contributed by atoms with Crippen molar-refractivity contribution in [2.24, 2.45) is 0 Å². The van der Waals surface area contributed by atoms with Gasteiger partial charge in [-0.05, 0) is 42.8 Å². The normalized spacial score (nSPS) is 12.1. The zero-order valence-electron chi connectivity index (χ0n) is 16.1. The summed E-state index contributed by atoms with van der Waals surface area (Å²) in [7, 11) is 0. The second kappa shape index (κ2) is 8.75. The fraction of sp³-hybridized carbons (Fsp3) is 0.333. The lowest BCUT2D eigenvalue weighted by Crippen LogP contribution is -2.31. The van der Waals surface area contributed by atoms with Crippen LogP contribution >= 0.6 is 0 Å². The van der Waals surface area contributed by atoms with E-state index in [0.29, 0.717) is 18.0 Å². The molecule has 7 heteroatoms. The van der Waals surface area contributed by atoms with Gasteiger partial charge < -0.3 is 15.2 Å². The summed E-state index contributed by atoms with van der Waals surface area (Å²) in [4.78, 5) is 23.8. The van der Waals surface area contributed by atoms with Crippen LogP contribution in [0, 0.1) is 0 Å². The second-order valence-electron chi connectivity index (χ2n) is 6.70. The molecule has 0 fully saturated rings. The number of para-hydroxylation sites is 2. The molecule has 0 saturated heterocycles. The molecular formula is C21H25N3O4. The zero-order chi connectivity index (χ0) is 20.1. The van der Waals surface area contributed by atoms with Crippen LogP contribution in [0.4, 0.5) is 5.69 Å². The van der Waals surface area contributed by atoms with Gasteiger partial charge in [-0.15, -0.1) is 0 Å². The Labute approximate surface area is 163 Å². The quantitative estimate of drug-likeness (QED) is 0.626. The van der Waals surface area contributed by atoms with Gasteiger partial charge in [0, 0.05) is 19.2 Å². The van der Waals surface area contributed by atoms with Crippen LogP contribution in [0.1, 0.15) is 20.3 Å². The van der Waals surface area contributed by atoms with Crippen LogP contribution in [0.2, 0.25) is 0 Å². The molecular weight excluding hydrogens is 358 g/mol. The van der Waals surface area contributed by atoms with Crippen molar-refractivity contribution in [3.05, 3.63) is 59.0 Å². The molecule has 7 nitrogen and oxygen atoms in total. The standard InChI is InChI=1S/C21H25N3O4/c1-3-12-23-19-6-4-5-7-20(19)24(21(23)27)13-17(26)14-28-18-10-8-16(9-11-18)22-15(2)25/h4-11,17,26H,3,12-14H2,1-2H3,(H,22,25)/t17-/m1/s1. The van der Waals surface area contributed by atoms with Crippen molar-refractivity contribution in [1.29, 1.82) is 0 Å². The summed E-state index contributed by atoms with van der Waals surface area (Å²) < 4.78 is 8.96. The number of aliphatic hydroxyl groups is 1. The minimum atomic E-state index is -0.839. The van der Waals surface area contributed by atoms with Gasteiger partial charge in [0.25, 0.3) is 0 Å². The van der Waals surface area contributed by atoms with Crippen molar-refractivity contribution in [1.82, 2.24) is 9.13 Å². The number of benzene rings is 2. The number of imidazole rings is 1. The first-order chi connectivity index (χ1) is 13.5. The monoisotopic (exact) mass is 383 g/mol. The number of carbonyl (C=O) groups is 1. The zero-order valence-corrected chi connectivity index (χ0v) is 16.1. The maximum atomic E-state index is 12.8. The van der Waals surface area contributed by atoms with Gasteiger partial charge in [-0.25, -0.2) is 4.79 Å². The number of carbonyl (C=O) groups excluding carboxylic acids is 1. The van der Waals surface area contributed by atoms with Crippen LogP contribution < -0.4 is 15.7 Å². The number of amides is 1. The third kappa shape index (κ3) is 4.43. The number of hydrogen-bond donors (Lipinski definition) is 2. The van der Waals surface area contributed by atoms with Crippen molar-refractivity contribution in [3.8, 4) is 5.75 Å². The maximum absolute atomic E-state index is 12.8. The fourth-order valence-electron chi connectivity index (χ4n) is 3.18. The highest BCUT2D eigenvalue weighted by molar-refractivity contribution is 5.88. The van der Waals surface area contributed by atoms with E-state index in [-0.39, 0.29) is 24.7 Å². The van der Waals surface area contributed by atoms with Gasteiger partial charge in [0.2, 0.25) is 5.91 Å². The Hall–Kier alpha value is -3.06. The molecule has 2 N–H and O–H groups in total. The Bertz CT molecular complexity index is 1000. The molecule has 0 spiro atoms. The van der Waals surface area contributed by atoms with E-state index in [1.807, 2.05) is 31.2 Å². The molecule has 1 heterocycles. The van der Waals surface area contributed by atoms with Crippen LogP contribution in [0.25, 0.3) is 11.0 Å². The van der Waals surface area contributed by atoms with Gasteiger partial charge in [0.15, 0.2) is 0 Å². The molecule has 0 aliphatic carbocycles. The molecule has 3 rings (SSSR count). The van der Waals surface area contributed by atoms with E-state index in [2.05, 4.69) is 5.32 Å². The van der Waals surface area contributed by atoms with Gasteiger partial charge >= 0.3 is 5.69 Å². The Morgan fingerprint density at radius 1 is 1.11 bits per heavy atom. The van der Waals surface area contributed by atoms with E-state index < -0.39 is 6.10 Å². The summed E-state index contributed by atoms with van der Waals surface area (Å²) in [6.45, 7) is 4.32. The molecule has 0 bridgehead atoms. The van der Waals surface area contributed by atoms with Crippen molar-refractivity contribution in [2.45, 2.75) is 39.5 Å². The van der Waals surface area contributed by atoms with Crippen LogP contribution in [0.15, 0.2) is 53.3 Å². The van der Waals surface area contributed by atoms with Crippen molar-refractivity contribution in [3.63, 3.8) is 0 Å². The Morgan fingerprint density at radius 2 is 1.75 bits per heavy atom. The van der Waals surface area contributed by atoms with Crippen molar-refractivity contribution >= 4 is 22.6 Å². The van der Waals surface area contributed by atoms with Crippen LogP contribution in [-0.4, -0.2) is 32.9 Å². The summed E-state index contributed by atoms with van der Waals surface area (Å²) in [6.07, 6.45) is 0.0160. The highest BCUT2D eigenvalue weighted by Gasteiger charge is 2.15. The van der Waals surface area contributed by atoms with E-state index in [1.54, 1.807) is 33.4 Å². The predicted molar refractivity (Wildman–Crippen MR) is 109 cm³/mol. The number of nitrogens with one attached hydrogen (secondary N) is 1. The number of rotatable bonds is 8. The van der Waals surface area contributed by atoms with Gasteiger partial charge in [-0.1, -0.05) is 19.1 Å². The van der Waals surface area contributed by atoms with Crippen LogP contribution in [0.3, 0.4) is 0 Å². The van der Waals surface area contributed by atoms with Gasteiger partial charge in [-0.3, -0.25) is 13.9 Å². The number of anilines is 1. The Kier molecular flexibility index (Phi) is 6.16. The number of aromatic nitrogens is 2. The first-order valence-electron chi connectivity index (χ1n) is 9.36. The van der Waals surface area contributed by atoms with Crippen molar-refractivity contribution < 1.29 is 14.6 Å². The minimum Gasteiger partial charge on any atom is -0.491 e.